The van der Waals surface area contributed by atoms with Crippen molar-refractivity contribution >= 4 is 17.8 Å². The van der Waals surface area contributed by atoms with E-state index in [1.165, 1.54) is 39.0 Å². The maximum atomic E-state index is 13.0. The Balaban J connectivity index is 2.21. The summed E-state index contributed by atoms with van der Waals surface area (Å²) in [6.45, 7) is 8.58. The first-order valence-corrected chi connectivity index (χ1v) is 12.2. The molecule has 0 heterocycles. The van der Waals surface area contributed by atoms with E-state index in [-0.39, 0.29) is 19.6 Å². The first-order chi connectivity index (χ1) is 15.8. The van der Waals surface area contributed by atoms with Gasteiger partial charge in [-0.15, -0.1) is 0 Å². The largest absolute Gasteiger partial charge is 0.464 e. The number of rotatable bonds is 12. The fourth-order valence-corrected chi connectivity index (χ4v) is 4.68. The predicted octanol–water partition coefficient (Wildman–Crippen LogP) is 3.54. The van der Waals surface area contributed by atoms with Crippen LogP contribution >= 0.6 is 0 Å². The van der Waals surface area contributed by atoms with Crippen molar-refractivity contribution in [3.63, 3.8) is 0 Å². The van der Waals surface area contributed by atoms with Crippen LogP contribution in [-0.2, 0) is 36.8 Å². The molecule has 2 rings (SSSR count). The number of carbonyl (C=O) groups is 3. The Morgan fingerprint density at radius 3 is 2.12 bits per heavy atom. The van der Waals surface area contributed by atoms with Crippen LogP contribution in [0, 0.1) is 11.8 Å². The Bertz CT molecular complexity index is 771. The van der Waals surface area contributed by atoms with Gasteiger partial charge in [0.2, 0.25) is 11.4 Å². The summed E-state index contributed by atoms with van der Waals surface area (Å²) in [7, 11) is 0. The second-order valence-electron chi connectivity index (χ2n) is 8.98. The molecule has 7 heteroatoms. The SMILES string of the molecule is CCOC(=O)C(Cc1ccccc1CNCC(C)C1CCCCC1)(NC(C)=O)C(=O)OCC. The van der Waals surface area contributed by atoms with E-state index >= 15 is 0 Å². The quantitative estimate of drug-likeness (QED) is 0.366. The van der Waals surface area contributed by atoms with E-state index in [2.05, 4.69) is 17.6 Å². The number of nitrogens with one attached hydrogen (secondary N) is 2. The number of ether oxygens (including phenoxy) is 2. The van der Waals surface area contributed by atoms with Crippen LogP contribution in [0.1, 0.15) is 70.9 Å². The van der Waals surface area contributed by atoms with Crippen LogP contribution in [0.5, 0.6) is 0 Å². The molecule has 1 aliphatic rings. The topological polar surface area (TPSA) is 93.7 Å². The minimum absolute atomic E-state index is 0.0414. The average molecular weight is 461 g/mol. The van der Waals surface area contributed by atoms with E-state index in [4.69, 9.17) is 9.47 Å². The minimum Gasteiger partial charge on any atom is -0.464 e. The molecule has 1 aromatic carbocycles. The Morgan fingerprint density at radius 2 is 1.58 bits per heavy atom. The van der Waals surface area contributed by atoms with Crippen LogP contribution in [0.25, 0.3) is 0 Å². The predicted molar refractivity (Wildman–Crippen MR) is 127 cm³/mol. The van der Waals surface area contributed by atoms with Gasteiger partial charge >= 0.3 is 11.9 Å². The molecule has 1 unspecified atom stereocenters. The third-order valence-corrected chi connectivity index (χ3v) is 6.45. The lowest BCUT2D eigenvalue weighted by Gasteiger charge is -2.30. The number of benzene rings is 1. The van der Waals surface area contributed by atoms with Crippen molar-refractivity contribution in [1.29, 1.82) is 0 Å². The number of hydrogen-bond donors (Lipinski definition) is 2. The molecule has 1 aromatic rings. The van der Waals surface area contributed by atoms with Gasteiger partial charge in [0.25, 0.3) is 0 Å². The van der Waals surface area contributed by atoms with Crippen LogP contribution in [0.4, 0.5) is 0 Å². The van der Waals surface area contributed by atoms with E-state index in [1.807, 2.05) is 24.3 Å². The molecule has 1 atom stereocenters. The second kappa shape index (κ2) is 13.3. The highest BCUT2D eigenvalue weighted by Crippen LogP contribution is 2.29. The van der Waals surface area contributed by atoms with Crippen molar-refractivity contribution in [2.75, 3.05) is 19.8 Å². The normalized spacial score (nSPS) is 15.5. The molecule has 33 heavy (non-hydrogen) atoms. The van der Waals surface area contributed by atoms with Crippen LogP contribution in [0.15, 0.2) is 24.3 Å². The molecule has 1 amide bonds. The van der Waals surface area contributed by atoms with Crippen LogP contribution in [0.3, 0.4) is 0 Å². The highest BCUT2D eigenvalue weighted by atomic mass is 16.6. The van der Waals surface area contributed by atoms with Gasteiger partial charge in [0, 0.05) is 19.9 Å². The maximum absolute atomic E-state index is 13.0. The van der Waals surface area contributed by atoms with Crippen molar-refractivity contribution in [3.8, 4) is 0 Å². The van der Waals surface area contributed by atoms with Crippen molar-refractivity contribution in [3.05, 3.63) is 35.4 Å². The van der Waals surface area contributed by atoms with E-state index in [0.29, 0.717) is 12.5 Å². The van der Waals surface area contributed by atoms with Crippen molar-refractivity contribution in [2.24, 2.45) is 11.8 Å². The molecule has 2 N–H and O–H groups in total. The fraction of sp³-hybridized carbons (Fsp3) is 0.654. The summed E-state index contributed by atoms with van der Waals surface area (Å²) in [5.74, 6) is -0.774. The Labute approximate surface area is 198 Å². The van der Waals surface area contributed by atoms with Gasteiger partial charge in [-0.2, -0.15) is 0 Å². The van der Waals surface area contributed by atoms with E-state index in [0.717, 1.165) is 23.6 Å². The van der Waals surface area contributed by atoms with Crippen LogP contribution < -0.4 is 10.6 Å². The molecule has 0 aromatic heterocycles. The fourth-order valence-electron chi connectivity index (χ4n) is 4.68. The summed E-state index contributed by atoms with van der Waals surface area (Å²) >= 11 is 0. The van der Waals surface area contributed by atoms with Crippen LogP contribution in [0.2, 0.25) is 0 Å². The minimum atomic E-state index is -1.93. The zero-order chi connectivity index (χ0) is 24.3. The van der Waals surface area contributed by atoms with Gasteiger partial charge in [-0.25, -0.2) is 9.59 Å². The average Bonchev–Trinajstić information content (AvgIpc) is 2.80. The monoisotopic (exact) mass is 460 g/mol. The third-order valence-electron chi connectivity index (χ3n) is 6.45. The number of esters is 2. The second-order valence-corrected chi connectivity index (χ2v) is 8.98. The molecule has 0 saturated heterocycles. The van der Waals surface area contributed by atoms with Crippen molar-refractivity contribution < 1.29 is 23.9 Å². The lowest BCUT2D eigenvalue weighted by Crippen LogP contribution is -2.62. The molecular formula is C26H40N2O5. The zero-order valence-corrected chi connectivity index (χ0v) is 20.6. The van der Waals surface area contributed by atoms with Gasteiger partial charge in [-0.1, -0.05) is 63.3 Å². The van der Waals surface area contributed by atoms with Gasteiger partial charge in [0.15, 0.2) is 0 Å². The van der Waals surface area contributed by atoms with E-state index < -0.39 is 23.4 Å². The number of hydrogen-bond acceptors (Lipinski definition) is 6. The summed E-state index contributed by atoms with van der Waals surface area (Å²) in [5.41, 5.74) is -0.176. The third kappa shape index (κ3) is 7.56. The first-order valence-electron chi connectivity index (χ1n) is 12.2. The zero-order valence-electron chi connectivity index (χ0n) is 20.6. The number of amides is 1. The summed E-state index contributed by atoms with van der Waals surface area (Å²) in [4.78, 5) is 37.9. The number of carbonyl (C=O) groups excluding carboxylic acids is 3. The van der Waals surface area contributed by atoms with Crippen molar-refractivity contribution in [2.45, 2.75) is 78.3 Å². The highest BCUT2D eigenvalue weighted by Gasteiger charge is 2.50. The van der Waals surface area contributed by atoms with Gasteiger partial charge in [-0.05, 0) is 43.4 Å². The van der Waals surface area contributed by atoms with E-state index in [1.54, 1.807) is 13.8 Å². The molecule has 1 fully saturated rings. The summed E-state index contributed by atoms with van der Waals surface area (Å²) in [5, 5.41) is 6.10. The van der Waals surface area contributed by atoms with Gasteiger partial charge < -0.3 is 20.1 Å². The first kappa shape index (κ1) is 26.8. The molecular weight excluding hydrogens is 420 g/mol. The van der Waals surface area contributed by atoms with Gasteiger partial charge in [0.1, 0.15) is 0 Å². The molecule has 0 spiro atoms. The summed E-state index contributed by atoms with van der Waals surface area (Å²) < 4.78 is 10.4. The molecule has 7 nitrogen and oxygen atoms in total. The van der Waals surface area contributed by atoms with Gasteiger partial charge in [0.05, 0.1) is 13.2 Å². The molecule has 1 aliphatic carbocycles. The maximum Gasteiger partial charge on any atom is 0.344 e. The standard InChI is InChI=1S/C26H40N2O5/c1-5-32-24(30)26(28-20(4)29,25(31)33-6-2)16-22-14-10-11-15-23(22)18-27-17-19(3)21-12-8-7-9-13-21/h10-11,14-15,19,21,27H,5-9,12-13,16-18H2,1-4H3,(H,28,29). The van der Waals surface area contributed by atoms with Crippen LogP contribution in [-0.4, -0.2) is 43.1 Å². The summed E-state index contributed by atoms with van der Waals surface area (Å²) in [6.07, 6.45) is 6.56. The molecule has 184 valence electrons. The lowest BCUT2D eigenvalue weighted by molar-refractivity contribution is -0.168. The highest BCUT2D eigenvalue weighted by molar-refractivity contribution is 6.08. The molecule has 0 radical (unpaired) electrons. The van der Waals surface area contributed by atoms with E-state index in [9.17, 15) is 14.4 Å². The smallest absolute Gasteiger partial charge is 0.344 e. The summed E-state index contributed by atoms with van der Waals surface area (Å²) in [6, 6.07) is 7.64. The Hall–Kier alpha value is -2.41. The lowest BCUT2D eigenvalue weighted by atomic mass is 9.81. The molecule has 1 saturated carbocycles. The Morgan fingerprint density at radius 1 is 1.00 bits per heavy atom. The molecule has 0 aliphatic heterocycles. The van der Waals surface area contributed by atoms with Gasteiger partial charge in [-0.3, -0.25) is 4.79 Å². The van der Waals surface area contributed by atoms with Crippen molar-refractivity contribution in [1.82, 2.24) is 10.6 Å². The molecule has 0 bridgehead atoms. The Kier molecular flexibility index (Phi) is 10.8.